The molecule has 0 saturated heterocycles. The van der Waals surface area contributed by atoms with Crippen molar-refractivity contribution in [2.24, 2.45) is 0 Å². The van der Waals surface area contributed by atoms with Crippen LogP contribution in [-0.2, 0) is 5.41 Å². The molecular formula is C15H15Br3S. The largest absolute Gasteiger partial charge is 0.121 e. The van der Waals surface area contributed by atoms with Gasteiger partial charge in [0.1, 0.15) is 0 Å². The van der Waals surface area contributed by atoms with Crippen LogP contribution in [0.4, 0.5) is 0 Å². The van der Waals surface area contributed by atoms with Gasteiger partial charge in [-0.25, -0.2) is 0 Å². The molecule has 19 heavy (non-hydrogen) atoms. The first kappa shape index (κ1) is 15.7. The quantitative estimate of drug-likeness (QED) is 0.416. The standard InChI is InChI=1S/C15H15Br3S/c1-15(2,3)10-6-4-9(5-7-10)13(17)11-8-12(16)19-14(11)18/h4-8,13H,1-3H3. The van der Waals surface area contributed by atoms with E-state index in [1.54, 1.807) is 11.3 Å². The van der Waals surface area contributed by atoms with E-state index >= 15 is 0 Å². The van der Waals surface area contributed by atoms with Crippen molar-refractivity contribution >= 4 is 59.1 Å². The van der Waals surface area contributed by atoms with E-state index in [4.69, 9.17) is 0 Å². The SMILES string of the molecule is CC(C)(C)c1ccc(C(Br)c2cc(Br)sc2Br)cc1. The van der Waals surface area contributed by atoms with Gasteiger partial charge >= 0.3 is 0 Å². The number of alkyl halides is 1. The van der Waals surface area contributed by atoms with Crippen molar-refractivity contribution in [1.29, 1.82) is 0 Å². The highest BCUT2D eigenvalue weighted by Gasteiger charge is 2.18. The maximum Gasteiger partial charge on any atom is 0.0757 e. The molecule has 0 radical (unpaired) electrons. The predicted octanol–water partition coefficient (Wildman–Crippen LogP) is 7.05. The van der Waals surface area contributed by atoms with Crippen molar-refractivity contribution in [3.8, 4) is 0 Å². The highest BCUT2D eigenvalue weighted by molar-refractivity contribution is 9.12. The number of hydrogen-bond acceptors (Lipinski definition) is 1. The molecule has 0 fully saturated rings. The fourth-order valence-corrected chi connectivity index (χ4v) is 5.88. The minimum atomic E-state index is 0.201. The van der Waals surface area contributed by atoms with Crippen molar-refractivity contribution in [2.75, 3.05) is 0 Å². The monoisotopic (exact) mass is 464 g/mol. The Bertz CT molecular complexity index is 564. The van der Waals surface area contributed by atoms with E-state index in [0.29, 0.717) is 0 Å². The van der Waals surface area contributed by atoms with Gasteiger partial charge in [0.05, 0.1) is 12.4 Å². The number of benzene rings is 1. The summed E-state index contributed by atoms with van der Waals surface area (Å²) in [5, 5.41) is 0. The van der Waals surface area contributed by atoms with Crippen LogP contribution in [0.25, 0.3) is 0 Å². The Labute approximate surface area is 144 Å². The lowest BCUT2D eigenvalue weighted by atomic mass is 9.86. The second-order valence-electron chi connectivity index (χ2n) is 5.51. The van der Waals surface area contributed by atoms with Crippen molar-refractivity contribution < 1.29 is 0 Å². The molecule has 0 nitrogen and oxygen atoms in total. The van der Waals surface area contributed by atoms with Crippen molar-refractivity contribution in [3.63, 3.8) is 0 Å². The Balaban J connectivity index is 2.30. The second kappa shape index (κ2) is 6.00. The van der Waals surface area contributed by atoms with Crippen LogP contribution in [0.2, 0.25) is 0 Å². The zero-order chi connectivity index (χ0) is 14.2. The van der Waals surface area contributed by atoms with E-state index in [1.807, 2.05) is 0 Å². The van der Waals surface area contributed by atoms with E-state index in [-0.39, 0.29) is 10.2 Å². The third kappa shape index (κ3) is 3.72. The minimum Gasteiger partial charge on any atom is -0.121 e. The molecule has 2 rings (SSSR count). The maximum absolute atomic E-state index is 3.79. The Morgan fingerprint density at radius 3 is 2.05 bits per heavy atom. The molecule has 0 aliphatic carbocycles. The fourth-order valence-electron chi connectivity index (χ4n) is 1.86. The van der Waals surface area contributed by atoms with Crippen molar-refractivity contribution in [3.05, 3.63) is 54.6 Å². The Morgan fingerprint density at radius 1 is 1.05 bits per heavy atom. The maximum atomic E-state index is 3.79. The number of halogens is 3. The molecule has 1 aromatic heterocycles. The van der Waals surface area contributed by atoms with Gasteiger partial charge in [0.15, 0.2) is 0 Å². The Morgan fingerprint density at radius 2 is 1.63 bits per heavy atom. The summed E-state index contributed by atoms with van der Waals surface area (Å²) in [6.45, 7) is 6.71. The first-order valence-electron chi connectivity index (χ1n) is 5.98. The average molecular weight is 467 g/mol. The first-order chi connectivity index (χ1) is 8.79. The van der Waals surface area contributed by atoms with Gasteiger partial charge < -0.3 is 0 Å². The van der Waals surface area contributed by atoms with Gasteiger partial charge in [0, 0.05) is 0 Å². The van der Waals surface area contributed by atoms with E-state index in [0.717, 1.165) is 3.79 Å². The normalized spacial score (nSPS) is 13.6. The Hall–Kier alpha value is 0.360. The summed E-state index contributed by atoms with van der Waals surface area (Å²) in [5.41, 5.74) is 4.10. The van der Waals surface area contributed by atoms with Crippen LogP contribution < -0.4 is 0 Å². The molecule has 0 bridgehead atoms. The number of thiophene rings is 1. The van der Waals surface area contributed by atoms with E-state index in [2.05, 4.69) is 98.9 Å². The van der Waals surface area contributed by atoms with Crippen molar-refractivity contribution in [2.45, 2.75) is 31.0 Å². The van der Waals surface area contributed by atoms with Crippen LogP contribution >= 0.6 is 59.1 Å². The third-order valence-electron chi connectivity index (χ3n) is 3.03. The minimum absolute atomic E-state index is 0.201. The van der Waals surface area contributed by atoms with Gasteiger partial charge in [-0.3, -0.25) is 0 Å². The second-order valence-corrected chi connectivity index (χ2v) is 10.2. The van der Waals surface area contributed by atoms with Gasteiger partial charge in [0.25, 0.3) is 0 Å². The summed E-state index contributed by atoms with van der Waals surface area (Å²) in [7, 11) is 0. The molecule has 1 heterocycles. The molecule has 1 atom stereocenters. The summed E-state index contributed by atoms with van der Waals surface area (Å²) >= 11 is 12.6. The van der Waals surface area contributed by atoms with Crippen LogP contribution in [0.3, 0.4) is 0 Å². The summed E-state index contributed by atoms with van der Waals surface area (Å²) in [6.07, 6.45) is 0. The molecule has 0 amide bonds. The van der Waals surface area contributed by atoms with Gasteiger partial charge in [-0.15, -0.1) is 11.3 Å². The van der Waals surface area contributed by atoms with Crippen molar-refractivity contribution in [1.82, 2.24) is 0 Å². The fraction of sp³-hybridized carbons (Fsp3) is 0.333. The number of rotatable bonds is 2. The average Bonchev–Trinajstić information content (AvgIpc) is 2.66. The lowest BCUT2D eigenvalue weighted by Gasteiger charge is -2.20. The molecule has 0 aliphatic heterocycles. The molecule has 1 aromatic carbocycles. The van der Waals surface area contributed by atoms with E-state index < -0.39 is 0 Å². The molecule has 2 aromatic rings. The molecule has 1 unspecified atom stereocenters. The van der Waals surface area contributed by atoms with Crippen LogP contribution in [0, 0.1) is 0 Å². The highest BCUT2D eigenvalue weighted by atomic mass is 79.9. The molecule has 0 spiro atoms. The summed E-state index contributed by atoms with van der Waals surface area (Å²) in [6, 6.07) is 11.0. The lowest BCUT2D eigenvalue weighted by Crippen LogP contribution is -2.10. The first-order valence-corrected chi connectivity index (χ1v) is 9.30. The third-order valence-corrected chi connectivity index (χ3v) is 6.43. The summed E-state index contributed by atoms with van der Waals surface area (Å²) in [5.74, 6) is 0. The summed E-state index contributed by atoms with van der Waals surface area (Å²) in [4.78, 5) is 0.221. The van der Waals surface area contributed by atoms with Gasteiger partial charge in [0.2, 0.25) is 0 Å². The smallest absolute Gasteiger partial charge is 0.0757 e. The van der Waals surface area contributed by atoms with Crippen LogP contribution in [0.5, 0.6) is 0 Å². The topological polar surface area (TPSA) is 0 Å². The van der Waals surface area contributed by atoms with Crippen LogP contribution in [0.1, 0.15) is 42.3 Å². The predicted molar refractivity (Wildman–Crippen MR) is 95.6 cm³/mol. The zero-order valence-corrected chi connectivity index (χ0v) is 16.6. The lowest BCUT2D eigenvalue weighted by molar-refractivity contribution is 0.590. The Kier molecular flexibility index (Phi) is 4.97. The summed E-state index contributed by atoms with van der Waals surface area (Å²) < 4.78 is 2.31. The molecule has 4 heteroatoms. The molecule has 0 saturated carbocycles. The highest BCUT2D eigenvalue weighted by Crippen LogP contribution is 2.42. The van der Waals surface area contributed by atoms with Gasteiger partial charge in [-0.2, -0.15) is 0 Å². The molecule has 0 N–H and O–H groups in total. The van der Waals surface area contributed by atoms with Crippen LogP contribution in [0.15, 0.2) is 37.9 Å². The van der Waals surface area contributed by atoms with E-state index in [9.17, 15) is 0 Å². The zero-order valence-electron chi connectivity index (χ0n) is 11.0. The molecule has 102 valence electrons. The van der Waals surface area contributed by atoms with E-state index in [1.165, 1.54) is 20.5 Å². The van der Waals surface area contributed by atoms with Gasteiger partial charge in [-0.05, 0) is 60.0 Å². The molecule has 0 aliphatic rings. The molecular weight excluding hydrogens is 452 g/mol. The van der Waals surface area contributed by atoms with Crippen LogP contribution in [-0.4, -0.2) is 0 Å². The van der Waals surface area contributed by atoms with Gasteiger partial charge in [-0.1, -0.05) is 61.0 Å². The number of hydrogen-bond donors (Lipinski definition) is 0.